The average molecular weight is 432 g/mol. The maximum atomic E-state index is 13.2. The summed E-state index contributed by atoms with van der Waals surface area (Å²) < 4.78 is 11.1. The van der Waals surface area contributed by atoms with Gasteiger partial charge in [0, 0.05) is 18.9 Å². The number of hydrogen-bond acceptors (Lipinski definition) is 6. The molecule has 2 aromatic heterocycles. The first-order chi connectivity index (χ1) is 15.6. The molecule has 0 aliphatic carbocycles. The number of ether oxygens (including phenoxy) is 1. The van der Waals surface area contributed by atoms with Gasteiger partial charge in [0.05, 0.1) is 24.5 Å². The van der Waals surface area contributed by atoms with Crippen LogP contribution in [-0.2, 0) is 11.3 Å². The van der Waals surface area contributed by atoms with Gasteiger partial charge < -0.3 is 19.2 Å². The molecule has 1 aliphatic rings. The van der Waals surface area contributed by atoms with Crippen LogP contribution in [0.5, 0.6) is 5.75 Å². The number of nitrogens with zero attached hydrogens (tertiary/aromatic N) is 2. The van der Waals surface area contributed by atoms with Crippen molar-refractivity contribution in [2.45, 2.75) is 32.4 Å². The van der Waals surface area contributed by atoms with Crippen molar-refractivity contribution in [1.29, 1.82) is 0 Å². The van der Waals surface area contributed by atoms with Gasteiger partial charge in [-0.1, -0.05) is 31.5 Å². The van der Waals surface area contributed by atoms with Crippen LogP contribution < -0.4 is 4.74 Å². The van der Waals surface area contributed by atoms with Gasteiger partial charge in [-0.2, -0.15) is 0 Å². The van der Waals surface area contributed by atoms with Crippen LogP contribution in [0.15, 0.2) is 82.9 Å². The lowest BCUT2D eigenvalue weighted by molar-refractivity contribution is -0.130. The van der Waals surface area contributed by atoms with E-state index in [1.54, 1.807) is 30.6 Å². The average Bonchev–Trinajstić information content (AvgIpc) is 3.43. The minimum atomic E-state index is -0.796. The van der Waals surface area contributed by atoms with Crippen molar-refractivity contribution in [2.75, 3.05) is 6.61 Å². The molecular formula is C25H24N2O5. The summed E-state index contributed by atoms with van der Waals surface area (Å²) in [6, 6.07) is 13.2. The summed E-state index contributed by atoms with van der Waals surface area (Å²) in [6.07, 6.45) is 6.60. The van der Waals surface area contributed by atoms with Crippen LogP contribution in [0.25, 0.3) is 0 Å². The van der Waals surface area contributed by atoms with Crippen molar-refractivity contribution in [3.63, 3.8) is 0 Å². The third kappa shape index (κ3) is 4.27. The molecule has 3 heterocycles. The highest BCUT2D eigenvalue weighted by Crippen LogP contribution is 2.40. The molecule has 0 fully saturated rings. The molecule has 1 atom stereocenters. The van der Waals surface area contributed by atoms with Crippen molar-refractivity contribution in [3.8, 4) is 5.75 Å². The Balaban J connectivity index is 1.74. The Morgan fingerprint density at radius 2 is 2.09 bits per heavy atom. The number of rotatable bonds is 9. The summed E-state index contributed by atoms with van der Waals surface area (Å²) >= 11 is 0. The third-order valence-electron chi connectivity index (χ3n) is 5.31. The lowest BCUT2D eigenvalue weighted by atomic mass is 9.94. The minimum absolute atomic E-state index is 0.0143. The van der Waals surface area contributed by atoms with E-state index in [0.717, 1.165) is 18.4 Å². The molecule has 1 unspecified atom stereocenters. The zero-order valence-corrected chi connectivity index (χ0v) is 17.7. The highest BCUT2D eigenvalue weighted by molar-refractivity contribution is 6.15. The van der Waals surface area contributed by atoms with E-state index < -0.39 is 23.5 Å². The van der Waals surface area contributed by atoms with Crippen molar-refractivity contribution in [3.05, 3.63) is 95.4 Å². The lowest BCUT2D eigenvalue weighted by Gasteiger charge is -2.27. The van der Waals surface area contributed by atoms with E-state index in [1.807, 2.05) is 24.3 Å². The minimum Gasteiger partial charge on any atom is -0.503 e. The number of aromatic nitrogens is 1. The van der Waals surface area contributed by atoms with E-state index >= 15 is 0 Å². The predicted octanol–water partition coefficient (Wildman–Crippen LogP) is 4.63. The number of Topliss-reactive ketones (excluding diaryl/α,β-unsaturated/α-hetero) is 1. The second-order valence-corrected chi connectivity index (χ2v) is 7.54. The summed E-state index contributed by atoms with van der Waals surface area (Å²) in [5.41, 5.74) is 1.43. The van der Waals surface area contributed by atoms with Crippen LogP contribution in [-0.4, -0.2) is 33.3 Å². The summed E-state index contributed by atoms with van der Waals surface area (Å²) in [7, 11) is 0. The topological polar surface area (TPSA) is 92.9 Å². The predicted molar refractivity (Wildman–Crippen MR) is 117 cm³/mol. The quantitative estimate of drug-likeness (QED) is 0.391. The van der Waals surface area contributed by atoms with Crippen molar-refractivity contribution < 1.29 is 23.8 Å². The molecule has 1 aromatic carbocycles. The largest absolute Gasteiger partial charge is 0.503 e. The molecule has 164 valence electrons. The summed E-state index contributed by atoms with van der Waals surface area (Å²) in [5, 5.41) is 10.7. The van der Waals surface area contributed by atoms with E-state index in [9.17, 15) is 14.7 Å². The Hall–Kier alpha value is -3.87. The molecule has 0 saturated heterocycles. The number of pyridine rings is 1. The van der Waals surface area contributed by atoms with Gasteiger partial charge in [0.2, 0.25) is 5.78 Å². The highest BCUT2D eigenvalue weighted by atomic mass is 16.5. The molecule has 32 heavy (non-hydrogen) atoms. The van der Waals surface area contributed by atoms with Crippen LogP contribution in [0, 0.1) is 0 Å². The number of carbonyl (C=O) groups excluding carboxylic acids is 2. The van der Waals surface area contributed by atoms with Crippen LogP contribution in [0.4, 0.5) is 0 Å². The number of benzene rings is 1. The maximum absolute atomic E-state index is 13.2. The molecule has 3 aromatic rings. The first-order valence-electron chi connectivity index (χ1n) is 10.5. The Kier molecular flexibility index (Phi) is 6.35. The van der Waals surface area contributed by atoms with Crippen LogP contribution >= 0.6 is 0 Å². The highest BCUT2D eigenvalue weighted by Gasteiger charge is 2.44. The van der Waals surface area contributed by atoms with E-state index in [-0.39, 0.29) is 17.9 Å². The molecule has 7 heteroatoms. The van der Waals surface area contributed by atoms with Gasteiger partial charge in [-0.3, -0.25) is 14.6 Å². The van der Waals surface area contributed by atoms with Gasteiger partial charge >= 0.3 is 0 Å². The first-order valence-corrected chi connectivity index (χ1v) is 10.5. The van der Waals surface area contributed by atoms with Gasteiger partial charge in [0.15, 0.2) is 11.5 Å². The summed E-state index contributed by atoms with van der Waals surface area (Å²) in [5.74, 6) is -1.02. The monoisotopic (exact) mass is 432 g/mol. The lowest BCUT2D eigenvalue weighted by Crippen LogP contribution is -2.30. The number of amides is 1. The first kappa shape index (κ1) is 21.4. The van der Waals surface area contributed by atoms with E-state index in [2.05, 4.69) is 11.9 Å². The SMILES string of the molecule is CCCCOc1cccc(C2C(C(=O)c3ccco3)=C(O)C(=O)N2Cc2cccnc2)c1. The van der Waals surface area contributed by atoms with Gasteiger partial charge in [-0.15, -0.1) is 0 Å². The van der Waals surface area contributed by atoms with E-state index in [0.29, 0.717) is 17.9 Å². The molecular weight excluding hydrogens is 408 g/mol. The van der Waals surface area contributed by atoms with Crippen LogP contribution in [0.1, 0.15) is 47.5 Å². The van der Waals surface area contributed by atoms with Crippen molar-refractivity contribution in [1.82, 2.24) is 9.88 Å². The second-order valence-electron chi connectivity index (χ2n) is 7.54. The number of unbranched alkanes of at least 4 members (excludes halogenated alkanes) is 1. The number of ketones is 1. The number of aliphatic hydroxyl groups is 1. The number of furan rings is 1. The Bertz CT molecular complexity index is 1120. The zero-order chi connectivity index (χ0) is 22.5. The number of aliphatic hydroxyl groups excluding tert-OH is 1. The fourth-order valence-electron chi connectivity index (χ4n) is 3.73. The summed E-state index contributed by atoms with van der Waals surface area (Å²) in [6.45, 7) is 2.83. The van der Waals surface area contributed by atoms with E-state index in [1.165, 1.54) is 17.2 Å². The molecule has 4 rings (SSSR count). The van der Waals surface area contributed by atoms with Gasteiger partial charge in [-0.05, 0) is 47.9 Å². The fraction of sp³-hybridized carbons (Fsp3) is 0.240. The maximum Gasteiger partial charge on any atom is 0.290 e. The van der Waals surface area contributed by atoms with Gasteiger partial charge in [-0.25, -0.2) is 0 Å². The normalized spacial score (nSPS) is 16.0. The molecule has 1 N–H and O–H groups in total. The van der Waals surface area contributed by atoms with Gasteiger partial charge in [0.1, 0.15) is 5.75 Å². The standard InChI is InChI=1S/C25H24N2O5/c1-2-3-12-31-19-9-4-8-18(14-19)22-21(23(28)20-10-6-13-32-20)24(29)25(30)27(22)16-17-7-5-11-26-15-17/h4-11,13-15,22,29H,2-3,12,16H2,1H3. The third-order valence-corrected chi connectivity index (χ3v) is 5.31. The second kappa shape index (κ2) is 9.51. The Labute approximate surface area is 186 Å². The van der Waals surface area contributed by atoms with Crippen molar-refractivity contribution >= 4 is 11.7 Å². The summed E-state index contributed by atoms with van der Waals surface area (Å²) in [4.78, 5) is 31.8. The smallest absolute Gasteiger partial charge is 0.290 e. The number of hydrogen-bond donors (Lipinski definition) is 1. The molecule has 0 bridgehead atoms. The molecule has 7 nitrogen and oxygen atoms in total. The molecule has 0 radical (unpaired) electrons. The molecule has 0 spiro atoms. The molecule has 1 amide bonds. The van der Waals surface area contributed by atoms with Crippen molar-refractivity contribution in [2.24, 2.45) is 0 Å². The molecule has 0 saturated carbocycles. The zero-order valence-electron chi connectivity index (χ0n) is 17.7. The van der Waals surface area contributed by atoms with Gasteiger partial charge in [0.25, 0.3) is 5.91 Å². The number of carbonyl (C=O) groups is 2. The molecule has 1 aliphatic heterocycles. The van der Waals surface area contributed by atoms with Crippen LogP contribution in [0.3, 0.4) is 0 Å². The van der Waals surface area contributed by atoms with E-state index in [4.69, 9.17) is 9.15 Å². The fourth-order valence-corrected chi connectivity index (χ4v) is 3.73. The Morgan fingerprint density at radius 1 is 1.22 bits per heavy atom. The van der Waals surface area contributed by atoms with Crippen LogP contribution in [0.2, 0.25) is 0 Å². The Morgan fingerprint density at radius 3 is 2.81 bits per heavy atom.